The SMILES string of the molecule is O=C1CN(C(=O)CSc2nc(C3CCCCC3)nc3ccccc23)c2ccccc2N1. The normalized spacial score (nSPS) is 16.8. The van der Waals surface area contributed by atoms with Crippen LogP contribution in [0.4, 0.5) is 11.4 Å². The Balaban J connectivity index is 1.40. The number of anilines is 2. The van der Waals surface area contributed by atoms with Gasteiger partial charge in [0.05, 0.1) is 22.6 Å². The van der Waals surface area contributed by atoms with Crippen molar-refractivity contribution in [3.05, 3.63) is 54.4 Å². The highest BCUT2D eigenvalue weighted by Gasteiger charge is 2.27. The van der Waals surface area contributed by atoms with Crippen molar-refractivity contribution >= 4 is 45.9 Å². The van der Waals surface area contributed by atoms with E-state index in [1.165, 1.54) is 31.0 Å². The molecular weight excluding hydrogens is 408 g/mol. The first kappa shape index (κ1) is 20.0. The molecule has 0 unspecified atom stereocenters. The van der Waals surface area contributed by atoms with Crippen molar-refractivity contribution in [1.29, 1.82) is 0 Å². The Bertz CT molecular complexity index is 1140. The fourth-order valence-corrected chi connectivity index (χ4v) is 5.28. The van der Waals surface area contributed by atoms with Crippen molar-refractivity contribution in [2.75, 3.05) is 22.5 Å². The number of hydrogen-bond acceptors (Lipinski definition) is 5. The van der Waals surface area contributed by atoms with Gasteiger partial charge >= 0.3 is 0 Å². The number of aromatic nitrogens is 2. The molecule has 0 spiro atoms. The molecule has 0 bridgehead atoms. The van der Waals surface area contributed by atoms with E-state index in [4.69, 9.17) is 9.97 Å². The molecule has 1 aromatic heterocycles. The Morgan fingerprint density at radius 2 is 1.81 bits per heavy atom. The number of fused-ring (bicyclic) bond motifs is 2. The second-order valence-corrected chi connectivity index (χ2v) is 9.04. The van der Waals surface area contributed by atoms with Crippen molar-refractivity contribution in [3.63, 3.8) is 0 Å². The van der Waals surface area contributed by atoms with Gasteiger partial charge in [-0.1, -0.05) is 61.4 Å². The summed E-state index contributed by atoms with van der Waals surface area (Å²) in [5.41, 5.74) is 2.34. The number of amides is 2. The molecule has 2 aromatic carbocycles. The highest BCUT2D eigenvalue weighted by molar-refractivity contribution is 8.00. The summed E-state index contributed by atoms with van der Waals surface area (Å²) in [5.74, 6) is 1.23. The standard InChI is InChI=1S/C24H24N4O2S/c29-21-14-28(20-13-7-6-12-19(20)25-21)22(30)15-31-24-17-10-4-5-11-18(17)26-23(27-24)16-8-2-1-3-9-16/h4-7,10-13,16H,1-3,8-9,14-15H2,(H,25,29). The molecule has 2 amide bonds. The molecule has 7 heteroatoms. The molecule has 2 heterocycles. The zero-order valence-electron chi connectivity index (χ0n) is 17.2. The first-order valence-electron chi connectivity index (χ1n) is 10.8. The van der Waals surface area contributed by atoms with E-state index in [2.05, 4.69) is 5.32 Å². The van der Waals surface area contributed by atoms with Gasteiger partial charge < -0.3 is 10.2 Å². The van der Waals surface area contributed by atoms with Crippen LogP contribution in [0.2, 0.25) is 0 Å². The summed E-state index contributed by atoms with van der Waals surface area (Å²) in [5, 5.41) is 4.64. The van der Waals surface area contributed by atoms with Crippen LogP contribution in [0.3, 0.4) is 0 Å². The Morgan fingerprint density at radius 1 is 1.03 bits per heavy atom. The molecule has 2 aliphatic rings. The minimum atomic E-state index is -0.177. The lowest BCUT2D eigenvalue weighted by atomic mass is 9.88. The van der Waals surface area contributed by atoms with E-state index in [0.29, 0.717) is 11.6 Å². The summed E-state index contributed by atoms with van der Waals surface area (Å²) in [6.07, 6.45) is 5.98. The monoisotopic (exact) mass is 432 g/mol. The second kappa shape index (κ2) is 8.67. The van der Waals surface area contributed by atoms with E-state index < -0.39 is 0 Å². The lowest BCUT2D eigenvalue weighted by Crippen LogP contribution is -2.43. The van der Waals surface area contributed by atoms with E-state index in [1.807, 2.05) is 48.5 Å². The van der Waals surface area contributed by atoms with Gasteiger partial charge in [0.25, 0.3) is 0 Å². The van der Waals surface area contributed by atoms with Gasteiger partial charge in [-0.3, -0.25) is 9.59 Å². The van der Waals surface area contributed by atoms with Gasteiger partial charge in [0, 0.05) is 11.3 Å². The molecule has 1 aliphatic carbocycles. The molecule has 0 saturated heterocycles. The Hall–Kier alpha value is -2.93. The molecule has 0 radical (unpaired) electrons. The number of nitrogens with one attached hydrogen (secondary N) is 1. The maximum Gasteiger partial charge on any atom is 0.244 e. The summed E-state index contributed by atoms with van der Waals surface area (Å²) in [6.45, 7) is 0.0360. The molecule has 1 saturated carbocycles. The summed E-state index contributed by atoms with van der Waals surface area (Å²) >= 11 is 1.43. The fourth-order valence-electron chi connectivity index (χ4n) is 4.38. The molecule has 1 N–H and O–H groups in total. The number of nitrogens with zero attached hydrogens (tertiary/aromatic N) is 3. The van der Waals surface area contributed by atoms with E-state index in [0.717, 1.165) is 40.3 Å². The highest BCUT2D eigenvalue weighted by Crippen LogP contribution is 2.35. The maximum absolute atomic E-state index is 13.1. The first-order valence-corrected chi connectivity index (χ1v) is 11.8. The van der Waals surface area contributed by atoms with Crippen LogP contribution in [0.5, 0.6) is 0 Å². The van der Waals surface area contributed by atoms with Crippen LogP contribution in [-0.4, -0.2) is 34.1 Å². The predicted octanol–water partition coefficient (Wildman–Crippen LogP) is 4.75. The predicted molar refractivity (Wildman–Crippen MR) is 124 cm³/mol. The summed E-state index contributed by atoms with van der Waals surface area (Å²) < 4.78 is 0. The third-order valence-corrected chi connectivity index (χ3v) is 6.94. The van der Waals surface area contributed by atoms with Gasteiger partial charge in [0.2, 0.25) is 11.8 Å². The van der Waals surface area contributed by atoms with Crippen LogP contribution in [0.1, 0.15) is 43.8 Å². The molecule has 0 atom stereocenters. The number of hydrogen-bond donors (Lipinski definition) is 1. The van der Waals surface area contributed by atoms with Gasteiger partial charge in [0.15, 0.2) is 0 Å². The molecule has 31 heavy (non-hydrogen) atoms. The average molecular weight is 433 g/mol. The molecular formula is C24H24N4O2S. The van der Waals surface area contributed by atoms with Crippen LogP contribution in [-0.2, 0) is 9.59 Å². The largest absolute Gasteiger partial charge is 0.323 e. The van der Waals surface area contributed by atoms with E-state index >= 15 is 0 Å². The maximum atomic E-state index is 13.1. The Kier molecular flexibility index (Phi) is 5.59. The summed E-state index contributed by atoms with van der Waals surface area (Å²) in [4.78, 5) is 36.5. The van der Waals surface area contributed by atoms with Crippen molar-refractivity contribution < 1.29 is 9.59 Å². The van der Waals surface area contributed by atoms with Gasteiger partial charge in [-0.2, -0.15) is 0 Å². The molecule has 1 aliphatic heterocycles. The lowest BCUT2D eigenvalue weighted by Gasteiger charge is -2.29. The Labute approximate surface area is 185 Å². The van der Waals surface area contributed by atoms with Gasteiger partial charge in [-0.15, -0.1) is 0 Å². The minimum absolute atomic E-state index is 0.0360. The van der Waals surface area contributed by atoms with Crippen LogP contribution in [0.15, 0.2) is 53.6 Å². The van der Waals surface area contributed by atoms with Crippen LogP contribution in [0, 0.1) is 0 Å². The zero-order chi connectivity index (χ0) is 21.2. The molecule has 158 valence electrons. The zero-order valence-corrected chi connectivity index (χ0v) is 18.0. The minimum Gasteiger partial charge on any atom is -0.323 e. The summed E-state index contributed by atoms with van der Waals surface area (Å²) in [6, 6.07) is 15.4. The van der Waals surface area contributed by atoms with Crippen LogP contribution < -0.4 is 10.2 Å². The van der Waals surface area contributed by atoms with E-state index in [9.17, 15) is 9.59 Å². The van der Waals surface area contributed by atoms with Crippen molar-refractivity contribution in [1.82, 2.24) is 9.97 Å². The third-order valence-electron chi connectivity index (χ3n) is 5.96. The number of benzene rings is 2. The van der Waals surface area contributed by atoms with Gasteiger partial charge in [-0.05, 0) is 31.0 Å². The number of rotatable bonds is 4. The summed E-state index contributed by atoms with van der Waals surface area (Å²) in [7, 11) is 0. The Morgan fingerprint density at radius 3 is 2.68 bits per heavy atom. The molecule has 1 fully saturated rings. The van der Waals surface area contributed by atoms with E-state index in [1.54, 1.807) is 4.90 Å². The first-order chi connectivity index (χ1) is 15.2. The number of thioether (sulfide) groups is 1. The second-order valence-electron chi connectivity index (χ2n) is 8.07. The fraction of sp³-hybridized carbons (Fsp3) is 0.333. The van der Waals surface area contributed by atoms with Crippen LogP contribution >= 0.6 is 11.8 Å². The van der Waals surface area contributed by atoms with Crippen molar-refractivity contribution in [3.8, 4) is 0 Å². The van der Waals surface area contributed by atoms with Crippen molar-refractivity contribution in [2.24, 2.45) is 0 Å². The molecule has 6 nitrogen and oxygen atoms in total. The molecule has 5 rings (SSSR count). The lowest BCUT2D eigenvalue weighted by molar-refractivity contribution is -0.120. The van der Waals surface area contributed by atoms with Gasteiger partial charge in [0.1, 0.15) is 17.4 Å². The van der Waals surface area contributed by atoms with E-state index in [-0.39, 0.29) is 24.1 Å². The smallest absolute Gasteiger partial charge is 0.244 e. The van der Waals surface area contributed by atoms with Gasteiger partial charge in [-0.25, -0.2) is 9.97 Å². The number of para-hydroxylation sites is 3. The number of carbonyl (C=O) groups excluding carboxylic acids is 2. The van der Waals surface area contributed by atoms with Crippen LogP contribution in [0.25, 0.3) is 10.9 Å². The highest BCUT2D eigenvalue weighted by atomic mass is 32.2. The molecule has 3 aromatic rings. The quantitative estimate of drug-likeness (QED) is 0.475. The van der Waals surface area contributed by atoms with Crippen molar-refractivity contribution in [2.45, 2.75) is 43.0 Å². The number of carbonyl (C=O) groups is 2. The average Bonchev–Trinajstić information content (AvgIpc) is 2.82. The topological polar surface area (TPSA) is 75.2 Å². The third kappa shape index (κ3) is 4.14.